The van der Waals surface area contributed by atoms with Crippen LogP contribution < -0.4 is 0 Å². The normalized spacial score (nSPS) is 12.1. The van der Waals surface area contributed by atoms with E-state index in [-0.39, 0.29) is 0 Å². The fourth-order valence-corrected chi connectivity index (χ4v) is 13.2. The van der Waals surface area contributed by atoms with Crippen molar-refractivity contribution < 1.29 is 0 Å². The maximum Gasteiger partial charge on any atom is 0.164 e. The first-order chi connectivity index (χ1) is 31.7. The molecule has 0 aliphatic rings. The minimum absolute atomic E-state index is 0.625. The van der Waals surface area contributed by atoms with Crippen molar-refractivity contribution in [2.45, 2.75) is 0 Å². The van der Waals surface area contributed by atoms with Crippen LogP contribution in [0.5, 0.6) is 0 Å². The molecule has 0 amide bonds. The van der Waals surface area contributed by atoms with Gasteiger partial charge in [0.2, 0.25) is 0 Å². The monoisotopic (exact) mass is 868 g/mol. The molecule has 0 radical (unpaired) electrons. The van der Waals surface area contributed by atoms with Gasteiger partial charge in [-0.25, -0.2) is 15.0 Å². The standard InChI is InChI=1S/C57H32N4S3/c1-2-12-33(13-3-1)36-28-37(30-38(29-36)61-46-18-8-4-17-45(46)53-47(61)27-26-44-41-16-7-11-21-50(41)64-54(44)53)57-59-55(34-22-24-42-39-14-5-9-19-48(39)62-51(42)31-34)58-56(60-57)35-23-25-43-40-15-6-10-20-49(40)63-52(43)32-35/h1-32H. The van der Waals surface area contributed by atoms with Crippen LogP contribution in [-0.4, -0.2) is 19.5 Å². The topological polar surface area (TPSA) is 43.6 Å². The number of nitrogens with zero attached hydrogens (tertiary/aromatic N) is 4. The molecule has 0 saturated heterocycles. The van der Waals surface area contributed by atoms with Crippen LogP contribution in [-0.2, 0) is 0 Å². The third-order valence-corrected chi connectivity index (χ3v) is 16.1. The Kier molecular flexibility index (Phi) is 7.86. The van der Waals surface area contributed by atoms with Gasteiger partial charge in [-0.2, -0.15) is 0 Å². The maximum atomic E-state index is 5.38. The lowest BCUT2D eigenvalue weighted by molar-refractivity contribution is 1.07. The molecule has 0 unspecified atom stereocenters. The highest BCUT2D eigenvalue weighted by atomic mass is 32.1. The number of rotatable bonds is 5. The number of hydrogen-bond acceptors (Lipinski definition) is 6. The second-order valence-electron chi connectivity index (χ2n) is 16.3. The third kappa shape index (κ3) is 5.55. The lowest BCUT2D eigenvalue weighted by Crippen LogP contribution is -2.02. The van der Waals surface area contributed by atoms with Crippen LogP contribution in [0.2, 0.25) is 0 Å². The summed E-state index contributed by atoms with van der Waals surface area (Å²) in [5, 5.41) is 10.1. The first-order valence-electron chi connectivity index (χ1n) is 21.3. The van der Waals surface area contributed by atoms with Gasteiger partial charge in [0.25, 0.3) is 0 Å². The average Bonchev–Trinajstić information content (AvgIpc) is 4.12. The zero-order valence-corrected chi connectivity index (χ0v) is 36.4. The van der Waals surface area contributed by atoms with Crippen molar-refractivity contribution in [1.29, 1.82) is 0 Å². The van der Waals surface area contributed by atoms with Gasteiger partial charge in [-0.15, -0.1) is 34.0 Å². The minimum atomic E-state index is 0.625. The van der Waals surface area contributed by atoms with Crippen molar-refractivity contribution in [2.75, 3.05) is 0 Å². The lowest BCUT2D eigenvalue weighted by atomic mass is 10.0. The van der Waals surface area contributed by atoms with E-state index in [1.807, 2.05) is 11.3 Å². The van der Waals surface area contributed by atoms with Gasteiger partial charge in [-0.3, -0.25) is 0 Å². The lowest BCUT2D eigenvalue weighted by Gasteiger charge is -2.14. The molecule has 0 aliphatic heterocycles. The average molecular weight is 869 g/mol. The second kappa shape index (κ2) is 14.0. The molecule has 0 spiro atoms. The summed E-state index contributed by atoms with van der Waals surface area (Å²) in [4.78, 5) is 16.0. The van der Waals surface area contributed by atoms with Crippen LogP contribution in [0.3, 0.4) is 0 Å². The zero-order valence-electron chi connectivity index (χ0n) is 34.0. The number of para-hydroxylation sites is 1. The van der Waals surface area contributed by atoms with Gasteiger partial charge >= 0.3 is 0 Å². The second-order valence-corrected chi connectivity index (χ2v) is 19.6. The molecule has 7 heteroatoms. The van der Waals surface area contributed by atoms with Crippen LogP contribution in [0.1, 0.15) is 0 Å². The van der Waals surface area contributed by atoms with Crippen molar-refractivity contribution in [3.63, 3.8) is 0 Å². The molecule has 0 N–H and O–H groups in total. The molecule has 64 heavy (non-hydrogen) atoms. The highest BCUT2D eigenvalue weighted by molar-refractivity contribution is 7.27. The Morgan fingerprint density at radius 1 is 0.297 bits per heavy atom. The molecule has 0 aliphatic carbocycles. The predicted octanol–water partition coefficient (Wildman–Crippen LogP) is 16.7. The predicted molar refractivity (Wildman–Crippen MR) is 275 cm³/mol. The van der Waals surface area contributed by atoms with E-state index in [9.17, 15) is 0 Å². The number of benzene rings is 9. The van der Waals surface area contributed by atoms with Crippen LogP contribution in [0.4, 0.5) is 0 Å². The Bertz CT molecular complexity index is 4080. The highest BCUT2D eigenvalue weighted by Crippen LogP contribution is 2.45. The molecule has 0 bridgehead atoms. The Hall–Kier alpha value is -7.55. The summed E-state index contributed by atoms with van der Waals surface area (Å²) in [6.07, 6.45) is 0. The van der Waals surface area contributed by atoms with E-state index in [0.29, 0.717) is 17.5 Å². The number of thiophene rings is 3. The first-order valence-corrected chi connectivity index (χ1v) is 23.8. The summed E-state index contributed by atoms with van der Waals surface area (Å²) in [6.45, 7) is 0. The minimum Gasteiger partial charge on any atom is -0.309 e. The largest absolute Gasteiger partial charge is 0.309 e. The van der Waals surface area contributed by atoms with E-state index >= 15 is 0 Å². The van der Waals surface area contributed by atoms with Crippen LogP contribution >= 0.6 is 34.0 Å². The van der Waals surface area contributed by atoms with Gasteiger partial charge in [-0.1, -0.05) is 133 Å². The molecule has 5 heterocycles. The van der Waals surface area contributed by atoms with Crippen molar-refractivity contribution >= 4 is 116 Å². The summed E-state index contributed by atoms with van der Waals surface area (Å²) >= 11 is 5.49. The Balaban J connectivity index is 1.02. The molecule has 14 rings (SSSR count). The molecular weight excluding hydrogens is 837 g/mol. The third-order valence-electron chi connectivity index (χ3n) is 12.6. The van der Waals surface area contributed by atoms with Gasteiger partial charge in [0, 0.05) is 93.7 Å². The molecule has 14 aromatic rings. The molecule has 4 nitrogen and oxygen atoms in total. The molecule has 0 fully saturated rings. The van der Waals surface area contributed by atoms with Gasteiger partial charge in [0.05, 0.1) is 11.0 Å². The quantitative estimate of drug-likeness (QED) is 0.173. The first kappa shape index (κ1) is 36.0. The fraction of sp³-hybridized carbons (Fsp3) is 0. The van der Waals surface area contributed by atoms with Gasteiger partial charge in [0.15, 0.2) is 17.5 Å². The Labute approximate surface area is 378 Å². The van der Waals surface area contributed by atoms with Crippen molar-refractivity contribution in [1.82, 2.24) is 19.5 Å². The molecular formula is C57H32N4S3. The van der Waals surface area contributed by atoms with E-state index in [1.54, 1.807) is 22.7 Å². The van der Waals surface area contributed by atoms with Crippen molar-refractivity contribution in [3.8, 4) is 51.0 Å². The Morgan fingerprint density at radius 2 is 0.781 bits per heavy atom. The fourth-order valence-electron chi connectivity index (χ4n) is 9.67. The molecule has 9 aromatic carbocycles. The Morgan fingerprint density at radius 3 is 1.42 bits per heavy atom. The summed E-state index contributed by atoms with van der Waals surface area (Å²) in [6, 6.07) is 70.2. The molecule has 0 saturated carbocycles. The van der Waals surface area contributed by atoms with Crippen LogP contribution in [0, 0.1) is 0 Å². The number of aromatic nitrogens is 4. The zero-order chi connectivity index (χ0) is 41.9. The van der Waals surface area contributed by atoms with Gasteiger partial charge in [-0.05, 0) is 71.8 Å². The summed E-state index contributed by atoms with van der Waals surface area (Å²) in [7, 11) is 0. The molecule has 298 valence electrons. The summed E-state index contributed by atoms with van der Waals surface area (Å²) in [5.74, 6) is 1.91. The van der Waals surface area contributed by atoms with Crippen LogP contribution in [0.15, 0.2) is 194 Å². The van der Waals surface area contributed by atoms with E-state index in [4.69, 9.17) is 15.0 Å². The van der Waals surface area contributed by atoms with Crippen molar-refractivity contribution in [2.24, 2.45) is 0 Å². The number of fused-ring (bicyclic) bond motifs is 13. The van der Waals surface area contributed by atoms with Gasteiger partial charge < -0.3 is 4.57 Å². The van der Waals surface area contributed by atoms with Gasteiger partial charge in [0.1, 0.15) is 0 Å². The van der Waals surface area contributed by atoms with E-state index < -0.39 is 0 Å². The van der Waals surface area contributed by atoms with E-state index in [1.165, 1.54) is 76.8 Å². The number of hydrogen-bond donors (Lipinski definition) is 0. The SMILES string of the molecule is c1ccc(-c2cc(-c3nc(-c4ccc5c(c4)sc4ccccc45)nc(-c4ccc5c(c4)sc4ccccc45)n3)cc(-n3c4ccccc4c4c5sc6ccccc6c5ccc43)c2)cc1. The highest BCUT2D eigenvalue weighted by Gasteiger charge is 2.21. The van der Waals surface area contributed by atoms with Crippen molar-refractivity contribution in [3.05, 3.63) is 194 Å². The van der Waals surface area contributed by atoms with Crippen LogP contribution in [0.25, 0.3) is 133 Å². The van der Waals surface area contributed by atoms with E-state index in [2.05, 4.69) is 199 Å². The summed E-state index contributed by atoms with van der Waals surface area (Å²) in [5.41, 5.74) is 8.42. The molecule has 5 aromatic heterocycles. The maximum absolute atomic E-state index is 5.38. The molecule has 0 atom stereocenters. The van der Waals surface area contributed by atoms with E-state index in [0.717, 1.165) is 39.0 Å². The summed E-state index contributed by atoms with van der Waals surface area (Å²) < 4.78 is 10.00. The smallest absolute Gasteiger partial charge is 0.164 e.